The molecule has 2 rings (SSSR count). The Hall–Kier alpha value is -0.490. The minimum Gasteiger partial charge on any atom is -0.389 e. The lowest BCUT2D eigenvalue weighted by Gasteiger charge is -2.12. The summed E-state index contributed by atoms with van der Waals surface area (Å²) in [6, 6.07) is 0. The Kier molecular flexibility index (Phi) is 5.55. The van der Waals surface area contributed by atoms with Crippen molar-refractivity contribution < 1.29 is 9.84 Å². The van der Waals surface area contributed by atoms with Crippen LogP contribution in [0.4, 0.5) is 0 Å². The molecule has 1 aliphatic carbocycles. The van der Waals surface area contributed by atoms with Gasteiger partial charge in [-0.15, -0.1) is 11.3 Å². The van der Waals surface area contributed by atoms with Crippen molar-refractivity contribution in [1.82, 2.24) is 10.3 Å². The summed E-state index contributed by atoms with van der Waals surface area (Å²) in [7, 11) is 0. The number of nitrogens with zero attached hydrogens (tertiary/aromatic N) is 1. The number of aromatic nitrogens is 1. The number of thiazole rings is 1. The Morgan fingerprint density at radius 2 is 2.35 bits per heavy atom. The highest BCUT2D eigenvalue weighted by molar-refractivity contribution is 7.09. The summed E-state index contributed by atoms with van der Waals surface area (Å²) in [6.07, 6.45) is 1.76. The van der Waals surface area contributed by atoms with Crippen LogP contribution >= 0.6 is 11.3 Å². The van der Waals surface area contributed by atoms with E-state index < -0.39 is 6.10 Å². The second kappa shape index (κ2) is 6.98. The Morgan fingerprint density at radius 1 is 1.60 bits per heavy atom. The minimum absolute atomic E-state index is 0.402. The molecule has 1 saturated carbocycles. The molecule has 1 heterocycles. The quantitative estimate of drug-likeness (QED) is 0.685. The van der Waals surface area contributed by atoms with E-state index in [1.165, 1.54) is 11.3 Å². The molecule has 2 atom stereocenters. The molecular formula is C15H26N2O2S. The molecule has 2 unspecified atom stereocenters. The average Bonchev–Trinajstić information content (AvgIpc) is 2.79. The number of nitrogens with one attached hydrogen (secondary N) is 1. The molecule has 1 aromatic heterocycles. The topological polar surface area (TPSA) is 54.4 Å². The van der Waals surface area contributed by atoms with E-state index in [0.717, 1.165) is 24.6 Å². The molecular weight excluding hydrogens is 272 g/mol. The summed E-state index contributed by atoms with van der Waals surface area (Å²) < 4.78 is 5.53. The molecule has 1 aromatic rings. The third kappa shape index (κ3) is 4.81. The van der Waals surface area contributed by atoms with Crippen molar-refractivity contribution in [1.29, 1.82) is 0 Å². The average molecular weight is 298 g/mol. The van der Waals surface area contributed by atoms with Gasteiger partial charge in [0.05, 0.1) is 30.5 Å². The molecule has 1 fully saturated rings. The molecule has 0 spiro atoms. The van der Waals surface area contributed by atoms with E-state index in [0.29, 0.717) is 25.2 Å². The smallest absolute Gasteiger partial charge is 0.0897 e. The highest BCUT2D eigenvalue weighted by Crippen LogP contribution is 2.50. The first-order valence-electron chi connectivity index (χ1n) is 7.34. The van der Waals surface area contributed by atoms with Crippen molar-refractivity contribution >= 4 is 11.3 Å². The molecule has 0 saturated heterocycles. The Labute approximate surface area is 125 Å². The van der Waals surface area contributed by atoms with Gasteiger partial charge in [-0.1, -0.05) is 13.8 Å². The Bertz CT molecular complexity index is 420. The molecule has 0 radical (unpaired) electrons. The fourth-order valence-electron chi connectivity index (χ4n) is 2.36. The normalized spacial score (nSPS) is 21.9. The second-order valence-corrected chi connectivity index (χ2v) is 7.33. The molecule has 0 amide bonds. The molecule has 20 heavy (non-hydrogen) atoms. The summed E-state index contributed by atoms with van der Waals surface area (Å²) in [4.78, 5) is 5.48. The van der Waals surface area contributed by atoms with Crippen molar-refractivity contribution in [2.75, 3.05) is 26.3 Å². The number of hydrogen-bond acceptors (Lipinski definition) is 5. The van der Waals surface area contributed by atoms with E-state index in [4.69, 9.17) is 4.74 Å². The van der Waals surface area contributed by atoms with Gasteiger partial charge in [-0.25, -0.2) is 4.98 Å². The highest BCUT2D eigenvalue weighted by atomic mass is 32.1. The van der Waals surface area contributed by atoms with Crippen LogP contribution in [0.5, 0.6) is 0 Å². The Balaban J connectivity index is 1.48. The molecule has 4 nitrogen and oxygen atoms in total. The summed E-state index contributed by atoms with van der Waals surface area (Å²) in [5.74, 6) is 0.768. The lowest BCUT2D eigenvalue weighted by molar-refractivity contribution is 0.0383. The van der Waals surface area contributed by atoms with E-state index in [1.54, 1.807) is 11.3 Å². The number of hydrogen-bond donors (Lipinski definition) is 2. The van der Waals surface area contributed by atoms with E-state index in [2.05, 4.69) is 24.1 Å². The lowest BCUT2D eigenvalue weighted by atomic mass is 10.1. The third-order valence-corrected chi connectivity index (χ3v) is 5.11. The van der Waals surface area contributed by atoms with Gasteiger partial charge in [-0.2, -0.15) is 0 Å². The second-order valence-electron chi connectivity index (χ2n) is 6.39. The maximum atomic E-state index is 9.83. The van der Waals surface area contributed by atoms with E-state index >= 15 is 0 Å². The van der Waals surface area contributed by atoms with Gasteiger partial charge in [0, 0.05) is 17.8 Å². The SMILES string of the molecule is Cc1ncsc1CCOCC(O)CNCC1CC1(C)C. The zero-order chi connectivity index (χ0) is 14.6. The predicted molar refractivity (Wildman–Crippen MR) is 82.1 cm³/mol. The van der Waals surface area contributed by atoms with Crippen LogP contribution in [0.25, 0.3) is 0 Å². The fourth-order valence-corrected chi connectivity index (χ4v) is 3.12. The highest BCUT2D eigenvalue weighted by Gasteiger charge is 2.44. The van der Waals surface area contributed by atoms with Crippen LogP contribution in [-0.2, 0) is 11.2 Å². The van der Waals surface area contributed by atoms with Gasteiger partial charge in [0.1, 0.15) is 0 Å². The summed E-state index contributed by atoms with van der Waals surface area (Å²) in [6.45, 7) is 9.27. The standard InChI is InChI=1S/C15H26N2O2S/c1-11-14(20-10-17-11)4-5-19-9-13(18)8-16-7-12-6-15(12,2)3/h10,12-13,16,18H,4-9H2,1-3H3. The lowest BCUT2D eigenvalue weighted by Crippen LogP contribution is -2.32. The maximum Gasteiger partial charge on any atom is 0.0897 e. The van der Waals surface area contributed by atoms with Gasteiger partial charge >= 0.3 is 0 Å². The molecule has 5 heteroatoms. The van der Waals surface area contributed by atoms with Crippen molar-refractivity contribution in [3.05, 3.63) is 16.1 Å². The predicted octanol–water partition coefficient (Wildman–Crippen LogP) is 2.01. The van der Waals surface area contributed by atoms with E-state index in [1.807, 2.05) is 12.4 Å². The van der Waals surface area contributed by atoms with Crippen LogP contribution in [0, 0.1) is 18.3 Å². The van der Waals surface area contributed by atoms with Crippen LogP contribution in [-0.4, -0.2) is 42.5 Å². The van der Waals surface area contributed by atoms with Crippen molar-refractivity contribution in [2.24, 2.45) is 11.3 Å². The Morgan fingerprint density at radius 3 is 2.95 bits per heavy atom. The number of aliphatic hydroxyl groups excluding tert-OH is 1. The van der Waals surface area contributed by atoms with Crippen molar-refractivity contribution in [3.63, 3.8) is 0 Å². The summed E-state index contributed by atoms with van der Waals surface area (Å²) >= 11 is 1.67. The minimum atomic E-state index is -0.417. The first-order valence-corrected chi connectivity index (χ1v) is 8.22. The first kappa shape index (κ1) is 15.9. The van der Waals surface area contributed by atoms with Gasteiger partial charge in [0.25, 0.3) is 0 Å². The number of rotatable bonds is 9. The maximum absolute atomic E-state index is 9.83. The molecule has 2 N–H and O–H groups in total. The number of ether oxygens (including phenoxy) is 1. The van der Waals surface area contributed by atoms with Crippen LogP contribution < -0.4 is 5.32 Å². The summed E-state index contributed by atoms with van der Waals surface area (Å²) in [5.41, 5.74) is 3.46. The van der Waals surface area contributed by atoms with Crippen LogP contribution in [0.2, 0.25) is 0 Å². The molecule has 114 valence electrons. The molecule has 0 aromatic carbocycles. The first-order chi connectivity index (χ1) is 9.49. The van der Waals surface area contributed by atoms with Gasteiger partial charge in [-0.05, 0) is 31.2 Å². The summed E-state index contributed by atoms with van der Waals surface area (Å²) in [5, 5.41) is 13.2. The third-order valence-electron chi connectivity index (χ3n) is 4.12. The van der Waals surface area contributed by atoms with Gasteiger partial charge < -0.3 is 15.2 Å². The zero-order valence-corrected chi connectivity index (χ0v) is 13.5. The molecule has 0 bridgehead atoms. The zero-order valence-electron chi connectivity index (χ0n) is 12.7. The van der Waals surface area contributed by atoms with Gasteiger partial charge in [0.2, 0.25) is 0 Å². The monoisotopic (exact) mass is 298 g/mol. The molecule has 0 aliphatic heterocycles. The van der Waals surface area contributed by atoms with Crippen LogP contribution in [0.3, 0.4) is 0 Å². The van der Waals surface area contributed by atoms with Gasteiger partial charge in [0.15, 0.2) is 0 Å². The van der Waals surface area contributed by atoms with Crippen molar-refractivity contribution in [3.8, 4) is 0 Å². The van der Waals surface area contributed by atoms with E-state index in [-0.39, 0.29) is 0 Å². The van der Waals surface area contributed by atoms with Crippen molar-refractivity contribution in [2.45, 2.75) is 39.7 Å². The van der Waals surface area contributed by atoms with Crippen LogP contribution in [0.15, 0.2) is 5.51 Å². The van der Waals surface area contributed by atoms with E-state index in [9.17, 15) is 5.11 Å². The largest absolute Gasteiger partial charge is 0.389 e. The number of aliphatic hydroxyl groups is 1. The van der Waals surface area contributed by atoms with Crippen LogP contribution in [0.1, 0.15) is 30.8 Å². The molecule has 1 aliphatic rings. The fraction of sp³-hybridized carbons (Fsp3) is 0.800. The number of aryl methyl sites for hydroxylation is 1. The van der Waals surface area contributed by atoms with Gasteiger partial charge in [-0.3, -0.25) is 0 Å².